The van der Waals surface area contributed by atoms with Crippen LogP contribution in [0.15, 0.2) is 0 Å². The molecule has 3 N–H and O–H groups in total. The Kier molecular flexibility index (Phi) is 21.9. The molecule has 0 aliphatic carbocycles. The summed E-state index contributed by atoms with van der Waals surface area (Å²) in [5.41, 5.74) is -2.53. The van der Waals surface area contributed by atoms with Crippen molar-refractivity contribution in [1.29, 1.82) is 0 Å². The molecule has 8 nitrogen and oxygen atoms in total. The minimum absolute atomic E-state index is 0.107. The van der Waals surface area contributed by atoms with Crippen LogP contribution in [-0.4, -0.2) is 72.5 Å². The van der Waals surface area contributed by atoms with Crippen LogP contribution in [0.3, 0.4) is 0 Å². The number of unbranched alkanes of at least 4 members (excludes halogenated alkanes) is 12. The van der Waals surface area contributed by atoms with Crippen LogP contribution in [0, 0.1) is 11.3 Å². The molecule has 0 spiro atoms. The van der Waals surface area contributed by atoms with Crippen molar-refractivity contribution in [3.8, 4) is 0 Å². The maximum atomic E-state index is 11.2. The van der Waals surface area contributed by atoms with Crippen LogP contribution < -0.4 is 0 Å². The lowest BCUT2D eigenvalue weighted by atomic mass is 9.92. The number of aliphatic hydroxyl groups excluding tert-OH is 2. The second-order valence-corrected chi connectivity index (χ2v) is 11.6. The van der Waals surface area contributed by atoms with Crippen LogP contribution in [0.25, 0.3) is 0 Å². The zero-order valence-electron chi connectivity index (χ0n) is 24.8. The average molecular weight is 547 g/mol. The second kappa shape index (κ2) is 22.6. The fraction of sp³-hybridized carbons (Fsp3) is 0.933. The van der Waals surface area contributed by atoms with Crippen LogP contribution >= 0.6 is 0 Å². The first kappa shape index (κ1) is 36.8. The summed E-state index contributed by atoms with van der Waals surface area (Å²) < 4.78 is 15.7. The fourth-order valence-corrected chi connectivity index (χ4v) is 4.38. The van der Waals surface area contributed by atoms with Gasteiger partial charge in [-0.15, -0.1) is 0 Å². The first-order valence-corrected chi connectivity index (χ1v) is 14.9. The van der Waals surface area contributed by atoms with E-state index < -0.39 is 36.2 Å². The highest BCUT2D eigenvalue weighted by Gasteiger charge is 2.35. The molecule has 8 heteroatoms. The normalized spacial score (nSPS) is 13.5. The van der Waals surface area contributed by atoms with Gasteiger partial charge in [-0.3, -0.25) is 9.59 Å². The number of hydrogen-bond acceptors (Lipinski definition) is 8. The monoisotopic (exact) mass is 546 g/mol. The predicted octanol–water partition coefficient (Wildman–Crippen LogP) is 5.34. The van der Waals surface area contributed by atoms with E-state index in [1.54, 1.807) is 0 Å². The molecule has 0 aromatic heterocycles. The molecule has 0 heterocycles. The van der Waals surface area contributed by atoms with Crippen molar-refractivity contribution in [2.45, 2.75) is 130 Å². The van der Waals surface area contributed by atoms with Gasteiger partial charge in [0.05, 0.1) is 31.8 Å². The summed E-state index contributed by atoms with van der Waals surface area (Å²) in [6.45, 7) is 5.58. The zero-order valence-corrected chi connectivity index (χ0v) is 24.8. The van der Waals surface area contributed by atoms with Gasteiger partial charge in [-0.05, 0) is 12.3 Å². The topological polar surface area (TPSA) is 123 Å². The van der Waals surface area contributed by atoms with Crippen molar-refractivity contribution >= 4 is 11.9 Å². The lowest BCUT2D eigenvalue weighted by Gasteiger charge is -2.32. The molecule has 0 aliphatic rings. The van der Waals surface area contributed by atoms with Crippen molar-refractivity contribution in [3.63, 3.8) is 0 Å². The van der Waals surface area contributed by atoms with E-state index in [0.717, 1.165) is 25.2 Å². The Labute approximate surface area is 231 Å². The molecule has 0 bridgehead atoms. The lowest BCUT2D eigenvalue weighted by Crippen LogP contribution is -2.45. The van der Waals surface area contributed by atoms with Gasteiger partial charge in [-0.2, -0.15) is 0 Å². The molecule has 1 unspecified atom stereocenters. The number of carbonyl (C=O) groups is 2. The van der Waals surface area contributed by atoms with Crippen molar-refractivity contribution in [2.75, 3.05) is 39.6 Å². The molecule has 0 aromatic rings. The summed E-state index contributed by atoms with van der Waals surface area (Å²) in [4.78, 5) is 22.5. The van der Waals surface area contributed by atoms with Crippen LogP contribution in [0.4, 0.5) is 0 Å². The SMILES string of the molecule is CC(=O)OCC(CO)(COCC(O)(CO)CCCCCCCCCCCCCCCC(C)C)COC(C)=O. The Morgan fingerprint density at radius 3 is 1.42 bits per heavy atom. The summed E-state index contributed by atoms with van der Waals surface area (Å²) in [5.74, 6) is -0.226. The quantitative estimate of drug-likeness (QED) is 0.0982. The highest BCUT2D eigenvalue weighted by Crippen LogP contribution is 2.22. The highest BCUT2D eigenvalue weighted by atomic mass is 16.6. The lowest BCUT2D eigenvalue weighted by molar-refractivity contribution is -0.162. The summed E-state index contributed by atoms with van der Waals surface area (Å²) in [6.07, 6.45) is 17.9. The molecule has 0 fully saturated rings. The van der Waals surface area contributed by atoms with Crippen molar-refractivity contribution in [3.05, 3.63) is 0 Å². The molecule has 0 amide bonds. The number of esters is 2. The minimum atomic E-state index is -1.39. The third-order valence-electron chi connectivity index (χ3n) is 7.00. The molecule has 1 atom stereocenters. The second-order valence-electron chi connectivity index (χ2n) is 11.6. The third-order valence-corrected chi connectivity index (χ3v) is 7.00. The molecular weight excluding hydrogens is 488 g/mol. The molecule has 38 heavy (non-hydrogen) atoms. The van der Waals surface area contributed by atoms with Gasteiger partial charge in [-0.25, -0.2) is 0 Å². The van der Waals surface area contributed by atoms with Crippen LogP contribution in [-0.2, 0) is 23.8 Å². The standard InChI is InChI=1S/C30H58O8/c1-26(2)18-16-14-12-10-8-6-5-7-9-11-13-15-17-19-30(35,21-32)25-36-22-29(20-31,23-37-27(3)33)24-38-28(4)34/h26,31-32,35H,5-25H2,1-4H3. The van der Waals surface area contributed by atoms with Gasteiger partial charge < -0.3 is 29.5 Å². The van der Waals surface area contributed by atoms with E-state index in [1.807, 2.05) is 0 Å². The summed E-state index contributed by atoms with van der Waals surface area (Å²) in [6, 6.07) is 0. The number of aliphatic hydroxyl groups is 3. The van der Waals surface area contributed by atoms with E-state index in [0.29, 0.717) is 6.42 Å². The van der Waals surface area contributed by atoms with Crippen molar-refractivity contribution < 1.29 is 39.1 Å². The van der Waals surface area contributed by atoms with E-state index in [1.165, 1.54) is 84.5 Å². The van der Waals surface area contributed by atoms with Gasteiger partial charge in [0.25, 0.3) is 0 Å². The number of rotatable bonds is 26. The van der Waals surface area contributed by atoms with Gasteiger partial charge in [0.2, 0.25) is 0 Å². The Morgan fingerprint density at radius 2 is 1.05 bits per heavy atom. The zero-order chi connectivity index (χ0) is 28.7. The van der Waals surface area contributed by atoms with E-state index in [-0.39, 0.29) is 26.4 Å². The maximum absolute atomic E-state index is 11.2. The Morgan fingerprint density at radius 1 is 0.632 bits per heavy atom. The van der Waals surface area contributed by atoms with Gasteiger partial charge in [0.15, 0.2) is 0 Å². The first-order valence-electron chi connectivity index (χ1n) is 14.9. The number of carbonyl (C=O) groups excluding carboxylic acids is 2. The molecular formula is C30H58O8. The van der Waals surface area contributed by atoms with Gasteiger partial charge in [0.1, 0.15) is 18.8 Å². The smallest absolute Gasteiger partial charge is 0.302 e. The van der Waals surface area contributed by atoms with Crippen LogP contribution in [0.5, 0.6) is 0 Å². The van der Waals surface area contributed by atoms with Gasteiger partial charge in [0, 0.05) is 13.8 Å². The molecule has 0 aromatic carbocycles. The van der Waals surface area contributed by atoms with Gasteiger partial charge in [-0.1, -0.05) is 104 Å². The van der Waals surface area contributed by atoms with Crippen molar-refractivity contribution in [2.24, 2.45) is 11.3 Å². The highest BCUT2D eigenvalue weighted by molar-refractivity contribution is 5.66. The Hall–Kier alpha value is -1.22. The van der Waals surface area contributed by atoms with E-state index in [9.17, 15) is 24.9 Å². The Bertz CT molecular complexity index is 577. The van der Waals surface area contributed by atoms with Gasteiger partial charge >= 0.3 is 11.9 Å². The summed E-state index contributed by atoms with van der Waals surface area (Å²) in [7, 11) is 0. The third kappa shape index (κ3) is 20.7. The van der Waals surface area contributed by atoms with E-state index in [4.69, 9.17) is 14.2 Å². The summed E-state index contributed by atoms with van der Waals surface area (Å²) in [5, 5.41) is 30.3. The molecule has 0 rings (SSSR count). The Balaban J connectivity index is 4.04. The largest absolute Gasteiger partial charge is 0.465 e. The molecule has 0 radical (unpaired) electrons. The number of ether oxygens (including phenoxy) is 3. The van der Waals surface area contributed by atoms with Crippen molar-refractivity contribution in [1.82, 2.24) is 0 Å². The van der Waals surface area contributed by atoms with E-state index in [2.05, 4.69) is 13.8 Å². The summed E-state index contributed by atoms with van der Waals surface area (Å²) >= 11 is 0. The average Bonchev–Trinajstić information content (AvgIpc) is 2.87. The van der Waals surface area contributed by atoms with Crippen LogP contribution in [0.2, 0.25) is 0 Å². The van der Waals surface area contributed by atoms with Crippen LogP contribution in [0.1, 0.15) is 124 Å². The predicted molar refractivity (Wildman–Crippen MR) is 150 cm³/mol. The molecule has 0 saturated carbocycles. The molecule has 226 valence electrons. The molecule has 0 aliphatic heterocycles. The maximum Gasteiger partial charge on any atom is 0.302 e. The van der Waals surface area contributed by atoms with E-state index >= 15 is 0 Å². The minimum Gasteiger partial charge on any atom is -0.465 e. The number of hydrogen-bond donors (Lipinski definition) is 3. The molecule has 0 saturated heterocycles. The fourth-order valence-electron chi connectivity index (χ4n) is 4.38. The first-order chi connectivity index (χ1) is 18.1.